The second-order valence-corrected chi connectivity index (χ2v) is 7.30. The lowest BCUT2D eigenvalue weighted by Gasteiger charge is -2.26. The van der Waals surface area contributed by atoms with Crippen molar-refractivity contribution in [3.8, 4) is 0 Å². The second kappa shape index (κ2) is 9.20. The fourth-order valence-corrected chi connectivity index (χ4v) is 3.89. The number of rotatable bonds is 8. The number of aliphatic hydroxyl groups excluding tert-OH is 1. The van der Waals surface area contributed by atoms with E-state index in [1.165, 1.54) is 24.8 Å². The number of likely N-dealkylation sites (tertiary alicyclic amines) is 1. The highest BCUT2D eigenvalue weighted by Gasteiger charge is 2.17. The van der Waals surface area contributed by atoms with Crippen LogP contribution in [0.4, 0.5) is 0 Å². The van der Waals surface area contributed by atoms with Crippen LogP contribution in [0.25, 0.3) is 0 Å². The summed E-state index contributed by atoms with van der Waals surface area (Å²) in [5.41, 5.74) is 1.27. The standard InChI is InChI=1S/C18H26N4OS/c23-12-7-13-24-18-20-19-17(15-21-10-5-2-6-11-21)22(18)14-16-8-3-1-4-9-16/h1,3-4,8-9,23H,2,5-7,10-15H2. The van der Waals surface area contributed by atoms with Gasteiger partial charge in [0.2, 0.25) is 0 Å². The Morgan fingerprint density at radius 1 is 1.00 bits per heavy atom. The average Bonchev–Trinajstić information content (AvgIpc) is 2.99. The van der Waals surface area contributed by atoms with Crippen LogP contribution in [0.2, 0.25) is 0 Å². The van der Waals surface area contributed by atoms with Gasteiger partial charge in [0.15, 0.2) is 5.16 Å². The molecule has 1 aromatic heterocycles. The van der Waals surface area contributed by atoms with Gasteiger partial charge in [-0.3, -0.25) is 4.90 Å². The molecule has 3 rings (SSSR count). The third-order valence-electron chi connectivity index (χ3n) is 4.32. The SMILES string of the molecule is OCCCSc1nnc(CN2CCCCC2)n1Cc1ccccc1. The van der Waals surface area contributed by atoms with Crippen molar-refractivity contribution < 1.29 is 5.11 Å². The highest BCUT2D eigenvalue weighted by Crippen LogP contribution is 2.21. The van der Waals surface area contributed by atoms with Gasteiger partial charge in [-0.25, -0.2) is 0 Å². The minimum Gasteiger partial charge on any atom is -0.396 e. The number of hydrogen-bond acceptors (Lipinski definition) is 5. The fourth-order valence-electron chi connectivity index (χ4n) is 3.01. The normalized spacial score (nSPS) is 15.7. The summed E-state index contributed by atoms with van der Waals surface area (Å²) >= 11 is 1.68. The maximum atomic E-state index is 9.01. The second-order valence-electron chi connectivity index (χ2n) is 6.23. The van der Waals surface area contributed by atoms with Gasteiger partial charge < -0.3 is 9.67 Å². The predicted molar refractivity (Wildman–Crippen MR) is 97.1 cm³/mol. The highest BCUT2D eigenvalue weighted by atomic mass is 32.2. The van der Waals surface area contributed by atoms with Crippen molar-refractivity contribution in [2.45, 2.75) is 43.9 Å². The van der Waals surface area contributed by atoms with Crippen molar-refractivity contribution in [2.24, 2.45) is 0 Å². The summed E-state index contributed by atoms with van der Waals surface area (Å²) in [7, 11) is 0. The number of aliphatic hydroxyl groups is 1. The molecule has 24 heavy (non-hydrogen) atoms. The first-order valence-electron chi connectivity index (χ1n) is 8.79. The highest BCUT2D eigenvalue weighted by molar-refractivity contribution is 7.99. The molecule has 2 aromatic rings. The van der Waals surface area contributed by atoms with Gasteiger partial charge in [0.05, 0.1) is 13.1 Å². The van der Waals surface area contributed by atoms with Gasteiger partial charge in [0, 0.05) is 12.4 Å². The number of hydrogen-bond donors (Lipinski definition) is 1. The average molecular weight is 346 g/mol. The van der Waals surface area contributed by atoms with Gasteiger partial charge in [-0.1, -0.05) is 48.5 Å². The summed E-state index contributed by atoms with van der Waals surface area (Å²) in [4.78, 5) is 2.48. The van der Waals surface area contributed by atoms with E-state index in [-0.39, 0.29) is 6.61 Å². The number of aromatic nitrogens is 3. The molecular formula is C18H26N4OS. The van der Waals surface area contributed by atoms with Gasteiger partial charge in [0.1, 0.15) is 5.82 Å². The largest absolute Gasteiger partial charge is 0.396 e. The smallest absolute Gasteiger partial charge is 0.191 e. The van der Waals surface area contributed by atoms with Crippen LogP contribution in [0.15, 0.2) is 35.5 Å². The fraction of sp³-hybridized carbons (Fsp3) is 0.556. The third-order valence-corrected chi connectivity index (χ3v) is 5.38. The predicted octanol–water partition coefficient (Wildman–Crippen LogP) is 2.79. The number of piperidine rings is 1. The summed E-state index contributed by atoms with van der Waals surface area (Å²) in [5, 5.41) is 18.9. The monoisotopic (exact) mass is 346 g/mol. The Labute approximate surface area is 148 Å². The summed E-state index contributed by atoms with van der Waals surface area (Å²) in [6, 6.07) is 10.5. The quantitative estimate of drug-likeness (QED) is 0.588. The maximum absolute atomic E-state index is 9.01. The van der Waals surface area contributed by atoms with Gasteiger partial charge >= 0.3 is 0 Å². The summed E-state index contributed by atoms with van der Waals surface area (Å²) < 4.78 is 2.24. The van der Waals surface area contributed by atoms with Crippen LogP contribution in [-0.2, 0) is 13.1 Å². The van der Waals surface area contributed by atoms with E-state index in [2.05, 4.69) is 43.9 Å². The van der Waals surface area contributed by atoms with Gasteiger partial charge in [-0.2, -0.15) is 0 Å². The van der Waals surface area contributed by atoms with E-state index < -0.39 is 0 Å². The van der Waals surface area contributed by atoms with Crippen molar-refractivity contribution in [1.82, 2.24) is 19.7 Å². The van der Waals surface area contributed by atoms with Crippen LogP contribution in [-0.4, -0.2) is 50.2 Å². The minimum absolute atomic E-state index is 0.223. The van der Waals surface area contributed by atoms with Crippen molar-refractivity contribution in [1.29, 1.82) is 0 Å². The van der Waals surface area contributed by atoms with Crippen molar-refractivity contribution in [3.05, 3.63) is 41.7 Å². The van der Waals surface area contributed by atoms with Gasteiger partial charge in [0.25, 0.3) is 0 Å². The molecule has 5 nitrogen and oxygen atoms in total. The van der Waals surface area contributed by atoms with E-state index in [1.807, 2.05) is 6.07 Å². The van der Waals surface area contributed by atoms with Gasteiger partial charge in [-0.15, -0.1) is 10.2 Å². The zero-order valence-corrected chi connectivity index (χ0v) is 14.9. The van der Waals surface area contributed by atoms with E-state index in [9.17, 15) is 0 Å². The lowest BCUT2D eigenvalue weighted by molar-refractivity contribution is 0.213. The molecule has 0 radical (unpaired) electrons. The Kier molecular flexibility index (Phi) is 6.69. The van der Waals surface area contributed by atoms with Crippen LogP contribution in [0.1, 0.15) is 37.1 Å². The Hall–Kier alpha value is -1.37. The van der Waals surface area contributed by atoms with E-state index in [0.29, 0.717) is 0 Å². The Balaban J connectivity index is 1.75. The molecule has 1 fully saturated rings. The molecule has 1 aromatic carbocycles. The van der Waals surface area contributed by atoms with Crippen molar-refractivity contribution in [3.63, 3.8) is 0 Å². The van der Waals surface area contributed by atoms with Crippen LogP contribution in [0, 0.1) is 0 Å². The van der Waals surface area contributed by atoms with Crippen LogP contribution in [0.3, 0.4) is 0 Å². The molecule has 0 amide bonds. The van der Waals surface area contributed by atoms with Crippen LogP contribution >= 0.6 is 11.8 Å². The first-order valence-corrected chi connectivity index (χ1v) is 9.77. The molecule has 0 atom stereocenters. The molecule has 130 valence electrons. The first kappa shape index (κ1) is 17.5. The lowest BCUT2D eigenvalue weighted by atomic mass is 10.1. The number of benzene rings is 1. The Morgan fingerprint density at radius 3 is 2.54 bits per heavy atom. The van der Waals surface area contributed by atoms with Crippen LogP contribution in [0.5, 0.6) is 0 Å². The van der Waals surface area contributed by atoms with Crippen LogP contribution < -0.4 is 0 Å². The van der Waals surface area contributed by atoms with E-state index in [4.69, 9.17) is 5.11 Å². The minimum atomic E-state index is 0.223. The molecule has 1 saturated heterocycles. The molecule has 0 saturated carbocycles. The molecule has 0 bridgehead atoms. The Morgan fingerprint density at radius 2 is 1.79 bits per heavy atom. The molecule has 6 heteroatoms. The summed E-state index contributed by atoms with van der Waals surface area (Å²) in [6.45, 7) is 4.22. The Bertz CT molecular complexity index is 611. The maximum Gasteiger partial charge on any atom is 0.191 e. The zero-order valence-electron chi connectivity index (χ0n) is 14.1. The molecule has 0 spiro atoms. The number of nitrogens with zero attached hydrogens (tertiary/aromatic N) is 4. The first-order chi connectivity index (χ1) is 11.9. The molecule has 0 aliphatic carbocycles. The van der Waals surface area contributed by atoms with Gasteiger partial charge in [-0.05, 0) is 37.9 Å². The molecule has 1 N–H and O–H groups in total. The molecular weight excluding hydrogens is 320 g/mol. The van der Waals surface area contributed by atoms with Crippen molar-refractivity contribution in [2.75, 3.05) is 25.4 Å². The molecule has 2 heterocycles. The van der Waals surface area contributed by atoms with Crippen molar-refractivity contribution >= 4 is 11.8 Å². The molecule has 1 aliphatic rings. The zero-order chi connectivity index (χ0) is 16.6. The van der Waals surface area contributed by atoms with E-state index >= 15 is 0 Å². The molecule has 1 aliphatic heterocycles. The summed E-state index contributed by atoms with van der Waals surface area (Å²) in [6.07, 6.45) is 4.69. The lowest BCUT2D eigenvalue weighted by Crippen LogP contribution is -2.30. The number of thioether (sulfide) groups is 1. The van der Waals surface area contributed by atoms with E-state index in [0.717, 1.165) is 49.3 Å². The third kappa shape index (κ3) is 4.82. The molecule has 0 unspecified atom stereocenters. The van der Waals surface area contributed by atoms with E-state index in [1.54, 1.807) is 11.8 Å². The topological polar surface area (TPSA) is 54.2 Å². The summed E-state index contributed by atoms with van der Waals surface area (Å²) in [5.74, 6) is 1.92.